The van der Waals surface area contributed by atoms with Gasteiger partial charge in [0.15, 0.2) is 0 Å². The van der Waals surface area contributed by atoms with Crippen molar-refractivity contribution in [3.8, 4) is 0 Å². The third kappa shape index (κ3) is 4.40. The lowest BCUT2D eigenvalue weighted by Gasteiger charge is -2.12. The van der Waals surface area contributed by atoms with Crippen LogP contribution in [0.4, 0.5) is 0 Å². The first-order chi connectivity index (χ1) is 4.18. The summed E-state index contributed by atoms with van der Waals surface area (Å²) in [7, 11) is 0. The normalized spacial score (nSPS) is 13.3. The topological polar surface area (TPSA) is 9.23 Å². The smallest absolute Gasteiger partial charge is 0.239 e. The van der Waals surface area contributed by atoms with Gasteiger partial charge in [0.1, 0.15) is 0 Å². The molecular formula is C7H13OS. The average Bonchev–Trinajstić information content (AvgIpc) is 1.82. The van der Waals surface area contributed by atoms with Crippen LogP contribution in [0.15, 0.2) is 0 Å². The van der Waals surface area contributed by atoms with E-state index in [0.717, 1.165) is 0 Å². The van der Waals surface area contributed by atoms with E-state index in [1.54, 1.807) is 0 Å². The Morgan fingerprint density at radius 3 is 2.33 bits per heavy atom. The predicted molar refractivity (Wildman–Crippen MR) is 42.6 cm³/mol. The maximum absolute atomic E-state index is 4.82. The molecule has 2 heteroatoms. The molecule has 0 bridgehead atoms. The monoisotopic (exact) mass is 145 g/mol. The molecule has 0 aliphatic heterocycles. The molecular weight excluding hydrogens is 132 g/mol. The fourth-order valence-electron chi connectivity index (χ4n) is 0.358. The van der Waals surface area contributed by atoms with Gasteiger partial charge in [-0.3, -0.25) is 0 Å². The van der Waals surface area contributed by atoms with Crippen molar-refractivity contribution in [3.05, 3.63) is 0 Å². The van der Waals surface area contributed by atoms with Gasteiger partial charge in [-0.05, 0) is 24.1 Å². The second kappa shape index (κ2) is 4.74. The third-order valence-electron chi connectivity index (χ3n) is 1.54. The van der Waals surface area contributed by atoms with Crippen LogP contribution in [0, 0.1) is 11.8 Å². The molecule has 1 atom stereocenters. The van der Waals surface area contributed by atoms with E-state index in [1.165, 1.54) is 0 Å². The maximum atomic E-state index is 4.82. The number of rotatable bonds is 4. The van der Waals surface area contributed by atoms with Crippen LogP contribution >= 0.6 is 12.2 Å². The van der Waals surface area contributed by atoms with Crippen molar-refractivity contribution in [1.82, 2.24) is 0 Å². The van der Waals surface area contributed by atoms with E-state index in [9.17, 15) is 0 Å². The van der Waals surface area contributed by atoms with Crippen LogP contribution in [-0.2, 0) is 4.74 Å². The Morgan fingerprint density at radius 2 is 2.00 bits per heavy atom. The molecule has 0 aliphatic rings. The molecule has 1 nitrogen and oxygen atoms in total. The minimum atomic E-state index is 0.570. The van der Waals surface area contributed by atoms with Crippen molar-refractivity contribution in [3.63, 3.8) is 0 Å². The van der Waals surface area contributed by atoms with Crippen molar-refractivity contribution in [1.29, 1.82) is 0 Å². The average molecular weight is 145 g/mol. The second-order valence-electron chi connectivity index (χ2n) is 2.62. The molecule has 0 saturated carbocycles. The molecule has 0 fully saturated rings. The largest absolute Gasteiger partial charge is 0.480 e. The molecule has 0 saturated heterocycles. The summed E-state index contributed by atoms with van der Waals surface area (Å²) in [6.07, 6.45) is 0. The van der Waals surface area contributed by atoms with Gasteiger partial charge in [0.2, 0.25) is 5.55 Å². The Kier molecular flexibility index (Phi) is 4.68. The Bertz CT molecular complexity index is 81.0. The van der Waals surface area contributed by atoms with Gasteiger partial charge < -0.3 is 4.74 Å². The SMILES string of the molecule is CC(C)C(C)CO[C]=S. The third-order valence-corrected chi connectivity index (χ3v) is 1.66. The second-order valence-corrected chi connectivity index (χ2v) is 2.78. The van der Waals surface area contributed by atoms with Gasteiger partial charge >= 0.3 is 0 Å². The summed E-state index contributed by atoms with van der Waals surface area (Å²) in [6.45, 7) is 7.16. The zero-order valence-electron chi connectivity index (χ0n) is 6.18. The molecule has 1 radical (unpaired) electrons. The molecule has 0 rings (SSSR count). The highest BCUT2D eigenvalue weighted by atomic mass is 32.1. The van der Waals surface area contributed by atoms with E-state index in [0.29, 0.717) is 18.4 Å². The highest BCUT2D eigenvalue weighted by Crippen LogP contribution is 2.08. The van der Waals surface area contributed by atoms with E-state index >= 15 is 0 Å². The summed E-state index contributed by atoms with van der Waals surface area (Å²) < 4.78 is 4.82. The molecule has 0 aromatic carbocycles. The first kappa shape index (κ1) is 8.89. The molecule has 0 N–H and O–H groups in total. The highest BCUT2D eigenvalue weighted by molar-refractivity contribution is 7.78. The van der Waals surface area contributed by atoms with Crippen molar-refractivity contribution >= 4 is 17.8 Å². The van der Waals surface area contributed by atoms with Gasteiger partial charge in [-0.25, -0.2) is 0 Å². The fraction of sp³-hybridized carbons (Fsp3) is 0.857. The van der Waals surface area contributed by atoms with Crippen LogP contribution in [0.25, 0.3) is 0 Å². The van der Waals surface area contributed by atoms with Gasteiger partial charge in [-0.1, -0.05) is 20.8 Å². The molecule has 1 unspecified atom stereocenters. The highest BCUT2D eigenvalue weighted by Gasteiger charge is 2.05. The van der Waals surface area contributed by atoms with Crippen molar-refractivity contribution in [2.24, 2.45) is 11.8 Å². The lowest BCUT2D eigenvalue weighted by molar-refractivity contribution is 0.226. The number of hydrogen-bond acceptors (Lipinski definition) is 2. The van der Waals surface area contributed by atoms with E-state index in [4.69, 9.17) is 4.74 Å². The molecule has 53 valence electrons. The van der Waals surface area contributed by atoms with Gasteiger partial charge in [0, 0.05) is 0 Å². The Labute approximate surface area is 62.4 Å². The predicted octanol–water partition coefficient (Wildman–Crippen LogP) is 2.13. The van der Waals surface area contributed by atoms with Gasteiger partial charge in [-0.15, -0.1) is 0 Å². The maximum Gasteiger partial charge on any atom is 0.239 e. The molecule has 0 aromatic rings. The number of hydrogen-bond donors (Lipinski definition) is 0. The molecule has 0 aliphatic carbocycles. The number of thiocarbonyl (C=S) groups is 1. The lowest BCUT2D eigenvalue weighted by Crippen LogP contribution is -2.10. The summed E-state index contributed by atoms with van der Waals surface area (Å²) in [4.78, 5) is 0. The Balaban J connectivity index is 3.26. The van der Waals surface area contributed by atoms with Crippen molar-refractivity contribution in [2.75, 3.05) is 6.61 Å². The minimum absolute atomic E-state index is 0.570. The number of ether oxygens (including phenoxy) is 1. The quantitative estimate of drug-likeness (QED) is 0.560. The standard InChI is InChI=1S/C7H13OS/c1-6(2)7(3)4-8-5-9/h6-7H,4H2,1-3H3. The minimum Gasteiger partial charge on any atom is -0.480 e. The van der Waals surface area contributed by atoms with Crippen molar-refractivity contribution < 1.29 is 4.74 Å². The Morgan fingerprint density at radius 1 is 1.44 bits per heavy atom. The summed E-state index contributed by atoms with van der Waals surface area (Å²) in [6, 6.07) is 0. The Hall–Kier alpha value is -0.110. The zero-order valence-corrected chi connectivity index (χ0v) is 6.99. The zero-order chi connectivity index (χ0) is 7.28. The van der Waals surface area contributed by atoms with E-state index in [1.807, 2.05) is 0 Å². The lowest BCUT2D eigenvalue weighted by atomic mass is 10.00. The summed E-state index contributed by atoms with van der Waals surface area (Å²) in [5.74, 6) is 1.23. The van der Waals surface area contributed by atoms with Gasteiger partial charge in [-0.2, -0.15) is 0 Å². The van der Waals surface area contributed by atoms with Crippen LogP contribution in [0.5, 0.6) is 0 Å². The van der Waals surface area contributed by atoms with Crippen LogP contribution in [0.2, 0.25) is 0 Å². The van der Waals surface area contributed by atoms with Crippen LogP contribution in [0.1, 0.15) is 20.8 Å². The van der Waals surface area contributed by atoms with Gasteiger partial charge in [0.25, 0.3) is 0 Å². The summed E-state index contributed by atoms with van der Waals surface area (Å²) >= 11 is 4.38. The summed E-state index contributed by atoms with van der Waals surface area (Å²) in [5, 5.41) is 0. The first-order valence-corrected chi connectivity index (χ1v) is 3.58. The van der Waals surface area contributed by atoms with Crippen molar-refractivity contribution in [2.45, 2.75) is 20.8 Å². The van der Waals surface area contributed by atoms with Crippen LogP contribution in [0.3, 0.4) is 0 Å². The van der Waals surface area contributed by atoms with E-state index < -0.39 is 0 Å². The van der Waals surface area contributed by atoms with Crippen LogP contribution in [-0.4, -0.2) is 12.2 Å². The molecule has 9 heavy (non-hydrogen) atoms. The van der Waals surface area contributed by atoms with Gasteiger partial charge in [0.05, 0.1) is 6.61 Å². The fourth-order valence-corrected chi connectivity index (χ4v) is 0.426. The molecule has 0 heterocycles. The summed E-state index contributed by atoms with van der Waals surface area (Å²) in [5.41, 5.74) is 2.24. The van der Waals surface area contributed by atoms with E-state index in [-0.39, 0.29) is 0 Å². The molecule has 0 aromatic heterocycles. The molecule has 0 amide bonds. The van der Waals surface area contributed by atoms with Crippen LogP contribution < -0.4 is 0 Å². The molecule has 0 spiro atoms. The van der Waals surface area contributed by atoms with E-state index in [2.05, 4.69) is 38.5 Å². The first-order valence-electron chi connectivity index (χ1n) is 3.17.